The fraction of sp³-hybridized carbons (Fsp3) is 0.667. The van der Waals surface area contributed by atoms with Crippen LogP contribution < -0.4 is 10.9 Å². The van der Waals surface area contributed by atoms with Crippen LogP contribution in [-0.2, 0) is 4.74 Å². The Labute approximate surface area is 139 Å². The zero-order valence-electron chi connectivity index (χ0n) is 13.8. The number of nitrogens with zero attached hydrogens (tertiary/aromatic N) is 4. The van der Waals surface area contributed by atoms with Crippen molar-refractivity contribution in [2.75, 3.05) is 31.5 Å². The highest BCUT2D eigenvalue weighted by Crippen LogP contribution is 2.16. The molecule has 3 rings (SSSR count). The minimum Gasteiger partial charge on any atom is -0.373 e. The van der Waals surface area contributed by atoms with Crippen molar-refractivity contribution in [1.29, 1.82) is 0 Å². The van der Waals surface area contributed by atoms with E-state index in [2.05, 4.69) is 34.1 Å². The summed E-state index contributed by atoms with van der Waals surface area (Å²) in [5.74, 6) is 0. The van der Waals surface area contributed by atoms with E-state index in [0.717, 1.165) is 43.4 Å². The predicted molar refractivity (Wildman–Crippen MR) is 91.4 cm³/mol. The third-order valence-corrected chi connectivity index (χ3v) is 4.66. The maximum Gasteiger partial charge on any atom is 0.275 e. The molecular formula is C15H23N5O2S. The number of anilines is 1. The molecule has 0 radical (unpaired) electrons. The molecule has 0 aromatic carbocycles. The van der Waals surface area contributed by atoms with Crippen LogP contribution >= 0.6 is 11.3 Å². The first-order valence-corrected chi connectivity index (χ1v) is 8.82. The van der Waals surface area contributed by atoms with Gasteiger partial charge in [0.15, 0.2) is 0 Å². The van der Waals surface area contributed by atoms with Gasteiger partial charge < -0.3 is 10.1 Å². The van der Waals surface area contributed by atoms with Gasteiger partial charge in [0.1, 0.15) is 0 Å². The molecule has 2 aromatic heterocycles. The Balaban J connectivity index is 1.51. The quantitative estimate of drug-likeness (QED) is 0.831. The first-order valence-electron chi connectivity index (χ1n) is 8.00. The van der Waals surface area contributed by atoms with E-state index in [0.29, 0.717) is 17.2 Å². The Kier molecular flexibility index (Phi) is 4.93. The van der Waals surface area contributed by atoms with Crippen molar-refractivity contribution in [3.05, 3.63) is 22.1 Å². The third-order valence-electron chi connectivity index (χ3n) is 3.80. The molecule has 1 saturated heterocycles. The van der Waals surface area contributed by atoms with Gasteiger partial charge in [-0.15, -0.1) is 5.10 Å². The fourth-order valence-corrected chi connectivity index (χ4v) is 3.83. The lowest BCUT2D eigenvalue weighted by atomic mass is 10.2. The van der Waals surface area contributed by atoms with Gasteiger partial charge in [0.25, 0.3) is 5.56 Å². The summed E-state index contributed by atoms with van der Waals surface area (Å²) < 4.78 is 7.09. The van der Waals surface area contributed by atoms with Gasteiger partial charge in [0.2, 0.25) is 10.1 Å². The van der Waals surface area contributed by atoms with Gasteiger partial charge in [-0.1, -0.05) is 11.3 Å². The molecule has 3 heterocycles. The van der Waals surface area contributed by atoms with E-state index in [1.165, 1.54) is 21.9 Å². The molecule has 0 saturated carbocycles. The summed E-state index contributed by atoms with van der Waals surface area (Å²) in [5.41, 5.74) is 0.592. The standard InChI is InChI=1S/C15H23N5O2S/c1-10-7-13(21)20-15(17-10)23-14(18-20)16-5-4-6-19-8-11(2)22-12(3)9-19/h7,11-12H,4-6,8-9H2,1-3H3,(H,16,18). The Morgan fingerprint density at radius 2 is 2.13 bits per heavy atom. The monoisotopic (exact) mass is 337 g/mol. The lowest BCUT2D eigenvalue weighted by Gasteiger charge is -2.35. The van der Waals surface area contributed by atoms with Crippen LogP contribution in [0.1, 0.15) is 26.0 Å². The highest BCUT2D eigenvalue weighted by molar-refractivity contribution is 7.20. The van der Waals surface area contributed by atoms with Crippen LogP contribution in [0.3, 0.4) is 0 Å². The summed E-state index contributed by atoms with van der Waals surface area (Å²) in [6.07, 6.45) is 1.63. The van der Waals surface area contributed by atoms with Gasteiger partial charge in [-0.05, 0) is 27.2 Å². The van der Waals surface area contributed by atoms with Gasteiger partial charge in [0, 0.05) is 37.9 Å². The molecule has 1 aliphatic rings. The topological polar surface area (TPSA) is 71.8 Å². The molecule has 0 aliphatic carbocycles. The van der Waals surface area contributed by atoms with Crippen LogP contribution in [0.4, 0.5) is 5.13 Å². The van der Waals surface area contributed by atoms with Crippen LogP contribution in [0.25, 0.3) is 4.96 Å². The van der Waals surface area contributed by atoms with E-state index < -0.39 is 0 Å². The smallest absolute Gasteiger partial charge is 0.275 e. The van der Waals surface area contributed by atoms with Crippen LogP contribution in [0.5, 0.6) is 0 Å². The number of rotatable bonds is 5. The molecule has 1 N–H and O–H groups in total. The van der Waals surface area contributed by atoms with Crippen molar-refractivity contribution in [2.45, 2.75) is 39.4 Å². The molecule has 2 unspecified atom stereocenters. The summed E-state index contributed by atoms with van der Waals surface area (Å²) in [6, 6.07) is 1.50. The highest BCUT2D eigenvalue weighted by Gasteiger charge is 2.21. The molecule has 1 fully saturated rings. The van der Waals surface area contributed by atoms with Gasteiger partial charge in [0.05, 0.1) is 12.2 Å². The Hall–Kier alpha value is -1.51. The van der Waals surface area contributed by atoms with Crippen molar-refractivity contribution in [3.8, 4) is 0 Å². The molecule has 8 heteroatoms. The second kappa shape index (κ2) is 6.94. The maximum atomic E-state index is 11.8. The summed E-state index contributed by atoms with van der Waals surface area (Å²) >= 11 is 1.41. The normalized spacial score (nSPS) is 22.6. The largest absolute Gasteiger partial charge is 0.373 e. The number of ether oxygens (including phenoxy) is 1. The van der Waals surface area contributed by atoms with E-state index >= 15 is 0 Å². The zero-order chi connectivity index (χ0) is 16.4. The lowest BCUT2D eigenvalue weighted by Crippen LogP contribution is -2.45. The summed E-state index contributed by atoms with van der Waals surface area (Å²) in [4.78, 5) is 19.2. The molecule has 2 aromatic rings. The number of hydrogen-bond donors (Lipinski definition) is 1. The van der Waals surface area contributed by atoms with Gasteiger partial charge in [-0.25, -0.2) is 4.98 Å². The molecule has 0 spiro atoms. The Morgan fingerprint density at radius 1 is 1.39 bits per heavy atom. The number of aromatic nitrogens is 3. The number of aryl methyl sites for hydroxylation is 1. The average molecular weight is 337 g/mol. The van der Waals surface area contributed by atoms with Crippen molar-refractivity contribution < 1.29 is 4.74 Å². The van der Waals surface area contributed by atoms with E-state index in [4.69, 9.17) is 4.74 Å². The van der Waals surface area contributed by atoms with Crippen molar-refractivity contribution in [3.63, 3.8) is 0 Å². The number of fused-ring (bicyclic) bond motifs is 1. The molecule has 126 valence electrons. The second-order valence-electron chi connectivity index (χ2n) is 6.13. The van der Waals surface area contributed by atoms with Crippen LogP contribution in [0, 0.1) is 6.92 Å². The third kappa shape index (κ3) is 4.07. The van der Waals surface area contributed by atoms with E-state index in [1.807, 2.05) is 6.92 Å². The Bertz CT molecular complexity index is 718. The number of nitrogens with one attached hydrogen (secondary N) is 1. The molecule has 7 nitrogen and oxygen atoms in total. The van der Waals surface area contributed by atoms with E-state index in [-0.39, 0.29) is 5.56 Å². The molecule has 1 aliphatic heterocycles. The van der Waals surface area contributed by atoms with Crippen molar-refractivity contribution >= 4 is 21.4 Å². The SMILES string of the molecule is Cc1cc(=O)n2nc(NCCCN3CC(C)OC(C)C3)sc2n1. The van der Waals surface area contributed by atoms with Crippen molar-refractivity contribution in [2.24, 2.45) is 0 Å². The maximum absolute atomic E-state index is 11.8. The minimum atomic E-state index is -0.131. The average Bonchev–Trinajstić information content (AvgIpc) is 2.86. The lowest BCUT2D eigenvalue weighted by molar-refractivity contribution is -0.0678. The first kappa shape index (κ1) is 16.4. The minimum absolute atomic E-state index is 0.131. The zero-order valence-corrected chi connectivity index (χ0v) is 14.6. The van der Waals surface area contributed by atoms with Crippen LogP contribution in [0.2, 0.25) is 0 Å². The second-order valence-corrected chi connectivity index (χ2v) is 7.09. The molecule has 0 amide bonds. The van der Waals surface area contributed by atoms with Gasteiger partial charge in [-0.2, -0.15) is 4.52 Å². The molecular weight excluding hydrogens is 314 g/mol. The summed E-state index contributed by atoms with van der Waals surface area (Å²) in [7, 11) is 0. The molecule has 0 bridgehead atoms. The number of hydrogen-bond acceptors (Lipinski definition) is 7. The summed E-state index contributed by atoms with van der Waals surface area (Å²) in [6.45, 7) is 9.90. The van der Waals surface area contributed by atoms with Crippen LogP contribution in [-0.4, -0.2) is 57.9 Å². The first-order chi connectivity index (χ1) is 11.0. The van der Waals surface area contributed by atoms with Gasteiger partial charge in [-0.3, -0.25) is 9.69 Å². The van der Waals surface area contributed by atoms with Crippen LogP contribution in [0.15, 0.2) is 10.9 Å². The predicted octanol–water partition coefficient (Wildman–Crippen LogP) is 1.37. The number of morpholine rings is 1. The van der Waals surface area contributed by atoms with Gasteiger partial charge >= 0.3 is 0 Å². The van der Waals surface area contributed by atoms with E-state index in [9.17, 15) is 4.79 Å². The Morgan fingerprint density at radius 3 is 2.87 bits per heavy atom. The molecule has 2 atom stereocenters. The van der Waals surface area contributed by atoms with Crippen molar-refractivity contribution in [1.82, 2.24) is 19.5 Å². The fourth-order valence-electron chi connectivity index (χ4n) is 2.96. The summed E-state index contributed by atoms with van der Waals surface area (Å²) in [5, 5.41) is 8.31. The van der Waals surface area contributed by atoms with E-state index in [1.54, 1.807) is 0 Å². The molecule has 23 heavy (non-hydrogen) atoms. The highest BCUT2D eigenvalue weighted by atomic mass is 32.1.